The summed E-state index contributed by atoms with van der Waals surface area (Å²) in [6.07, 6.45) is 0. The van der Waals surface area contributed by atoms with Gasteiger partial charge in [0.15, 0.2) is 0 Å². The second-order valence-electron chi connectivity index (χ2n) is 1.97. The molecule has 1 aromatic rings. The molecule has 1 aromatic carbocycles. The molecule has 0 saturated carbocycles. The summed E-state index contributed by atoms with van der Waals surface area (Å²) in [7, 11) is -1.46. The summed E-state index contributed by atoms with van der Waals surface area (Å²) in [5, 5.41) is 26.0. The first kappa shape index (κ1) is 10.6. The third-order valence-corrected chi connectivity index (χ3v) is 1.19. The topological polar surface area (TPSA) is 60.7 Å². The molecule has 1 rings (SSSR count). The summed E-state index contributed by atoms with van der Waals surface area (Å²) < 4.78 is 0. The van der Waals surface area contributed by atoms with Crippen molar-refractivity contribution in [2.45, 2.75) is 0 Å². The minimum Gasteiger partial charge on any atom is -1.00 e. The van der Waals surface area contributed by atoms with Gasteiger partial charge < -0.3 is 16.6 Å². The molecule has 3 N–H and O–H groups in total. The Morgan fingerprint density at radius 1 is 1.09 bits per heavy atom. The number of phenolic OH excluding ortho intramolecular Hbond substituents is 1. The smallest absolute Gasteiger partial charge is 1.00 e. The van der Waals surface area contributed by atoms with E-state index in [9.17, 15) is 0 Å². The minimum absolute atomic E-state index is 0. The van der Waals surface area contributed by atoms with E-state index in [1.807, 2.05) is 0 Å². The molecule has 0 aliphatic rings. The molecular formula is C6H8BLiO3. The maximum Gasteiger partial charge on any atom is 1.00 e. The summed E-state index contributed by atoms with van der Waals surface area (Å²) in [6, 6.07) is 5.68. The second kappa shape index (κ2) is 4.47. The Bertz CT molecular complexity index is 217. The first-order valence-electron chi connectivity index (χ1n) is 2.85. The zero-order valence-corrected chi connectivity index (χ0v) is 6.23. The van der Waals surface area contributed by atoms with Crippen LogP contribution in [-0.4, -0.2) is 22.3 Å². The largest absolute Gasteiger partial charge is 1.00 e. The minimum atomic E-state index is -1.46. The monoisotopic (exact) mass is 146 g/mol. The van der Waals surface area contributed by atoms with Crippen LogP contribution < -0.4 is 24.3 Å². The normalized spacial score (nSPS) is 8.55. The van der Waals surface area contributed by atoms with Gasteiger partial charge in [-0.25, -0.2) is 0 Å². The predicted molar refractivity (Wildman–Crippen MR) is 39.0 cm³/mol. The third kappa shape index (κ3) is 3.00. The number of hydrogen-bond donors (Lipinski definition) is 3. The fourth-order valence-electron chi connectivity index (χ4n) is 0.646. The molecule has 3 nitrogen and oxygen atoms in total. The average Bonchev–Trinajstić information content (AvgIpc) is 1.88. The second-order valence-corrected chi connectivity index (χ2v) is 1.97. The molecule has 0 radical (unpaired) electrons. The van der Waals surface area contributed by atoms with Crippen LogP contribution in [0.1, 0.15) is 1.43 Å². The van der Waals surface area contributed by atoms with E-state index in [1.165, 1.54) is 24.3 Å². The van der Waals surface area contributed by atoms with Crippen LogP contribution >= 0.6 is 0 Å². The first-order valence-corrected chi connectivity index (χ1v) is 2.85. The molecule has 0 aromatic heterocycles. The number of benzene rings is 1. The van der Waals surface area contributed by atoms with Gasteiger partial charge in [-0.3, -0.25) is 0 Å². The molecule has 0 aliphatic carbocycles. The Hall–Kier alpha value is -0.398. The van der Waals surface area contributed by atoms with Gasteiger partial charge in [0.05, 0.1) is 0 Å². The zero-order chi connectivity index (χ0) is 7.56. The zero-order valence-electron chi connectivity index (χ0n) is 7.23. The molecule has 54 valence electrons. The van der Waals surface area contributed by atoms with Crippen LogP contribution in [0, 0.1) is 0 Å². The van der Waals surface area contributed by atoms with Crippen molar-refractivity contribution in [1.29, 1.82) is 0 Å². The number of phenols is 1. The van der Waals surface area contributed by atoms with Crippen LogP contribution in [0.25, 0.3) is 0 Å². The molecule has 0 fully saturated rings. The van der Waals surface area contributed by atoms with Gasteiger partial charge >= 0.3 is 26.0 Å². The maximum atomic E-state index is 8.78. The fraction of sp³-hybridized carbons (Fsp3) is 0. The van der Waals surface area contributed by atoms with E-state index in [0.29, 0.717) is 5.46 Å². The van der Waals surface area contributed by atoms with Crippen molar-refractivity contribution in [3.63, 3.8) is 0 Å². The molecule has 0 heterocycles. The van der Waals surface area contributed by atoms with Crippen LogP contribution in [0.15, 0.2) is 24.3 Å². The number of hydrogen-bond acceptors (Lipinski definition) is 3. The first-order chi connectivity index (χ1) is 4.70. The molecule has 5 heteroatoms. The fourth-order valence-corrected chi connectivity index (χ4v) is 0.646. The van der Waals surface area contributed by atoms with Crippen LogP contribution in [-0.2, 0) is 0 Å². The summed E-state index contributed by atoms with van der Waals surface area (Å²) in [6.45, 7) is 0. The van der Waals surface area contributed by atoms with Crippen molar-refractivity contribution in [3.8, 4) is 5.75 Å². The van der Waals surface area contributed by atoms with Gasteiger partial charge in [-0.15, -0.1) is 0 Å². The molecule has 0 spiro atoms. The van der Waals surface area contributed by atoms with E-state index in [4.69, 9.17) is 15.2 Å². The van der Waals surface area contributed by atoms with Crippen LogP contribution in [0.5, 0.6) is 5.75 Å². The number of aromatic hydroxyl groups is 1. The Kier molecular flexibility index (Phi) is 4.31. The molecular weight excluding hydrogens is 138 g/mol. The van der Waals surface area contributed by atoms with E-state index in [1.54, 1.807) is 0 Å². The van der Waals surface area contributed by atoms with Crippen molar-refractivity contribution in [2.75, 3.05) is 0 Å². The molecule has 0 amide bonds. The van der Waals surface area contributed by atoms with Gasteiger partial charge in [-0.05, 0) is 17.6 Å². The van der Waals surface area contributed by atoms with Crippen molar-refractivity contribution in [2.24, 2.45) is 0 Å². The molecule has 0 unspecified atom stereocenters. The van der Waals surface area contributed by atoms with E-state index in [2.05, 4.69) is 0 Å². The maximum absolute atomic E-state index is 8.78. The van der Waals surface area contributed by atoms with E-state index in [-0.39, 0.29) is 26.0 Å². The van der Waals surface area contributed by atoms with Crippen molar-refractivity contribution in [1.82, 2.24) is 0 Å². The van der Waals surface area contributed by atoms with Crippen LogP contribution in [0.3, 0.4) is 0 Å². The third-order valence-electron chi connectivity index (χ3n) is 1.19. The van der Waals surface area contributed by atoms with Gasteiger partial charge in [0.2, 0.25) is 0 Å². The van der Waals surface area contributed by atoms with Crippen LogP contribution in [0.2, 0.25) is 0 Å². The summed E-state index contributed by atoms with van der Waals surface area (Å²) in [5.74, 6) is 0.115. The van der Waals surface area contributed by atoms with E-state index in [0.717, 1.165) is 0 Å². The van der Waals surface area contributed by atoms with Gasteiger partial charge in [-0.1, -0.05) is 12.1 Å². The van der Waals surface area contributed by atoms with Crippen molar-refractivity contribution < 1.29 is 35.4 Å². The van der Waals surface area contributed by atoms with Crippen molar-refractivity contribution in [3.05, 3.63) is 24.3 Å². The Morgan fingerprint density at radius 2 is 1.55 bits per heavy atom. The predicted octanol–water partition coefficient (Wildman–Crippen LogP) is -3.81. The average molecular weight is 146 g/mol. The SMILES string of the molecule is OB(O)c1ccc(O)cc1.[H-].[Li+]. The Morgan fingerprint density at radius 3 is 1.91 bits per heavy atom. The molecule has 0 bridgehead atoms. The molecule has 0 atom stereocenters. The Labute approximate surface area is 78.5 Å². The summed E-state index contributed by atoms with van der Waals surface area (Å²) in [4.78, 5) is 0. The van der Waals surface area contributed by atoms with E-state index < -0.39 is 7.12 Å². The molecule has 0 saturated heterocycles. The van der Waals surface area contributed by atoms with Gasteiger partial charge in [-0.2, -0.15) is 0 Å². The van der Waals surface area contributed by atoms with Gasteiger partial charge in [0, 0.05) is 0 Å². The van der Waals surface area contributed by atoms with Gasteiger partial charge in [0.1, 0.15) is 5.75 Å². The van der Waals surface area contributed by atoms with E-state index >= 15 is 0 Å². The number of rotatable bonds is 1. The molecule has 11 heavy (non-hydrogen) atoms. The van der Waals surface area contributed by atoms with Crippen LogP contribution in [0.4, 0.5) is 0 Å². The molecule has 0 aliphatic heterocycles. The van der Waals surface area contributed by atoms with Gasteiger partial charge in [0.25, 0.3) is 0 Å². The summed E-state index contributed by atoms with van der Waals surface area (Å²) in [5.41, 5.74) is 0.373. The quantitative estimate of drug-likeness (QED) is 0.356. The standard InChI is InChI=1S/C6H7BO3.Li.H/c8-6-3-1-5(2-4-6)7(9)10;;/h1-4,8-10H;;/q;+1;-1. The summed E-state index contributed by atoms with van der Waals surface area (Å²) >= 11 is 0. The van der Waals surface area contributed by atoms with Crippen molar-refractivity contribution >= 4 is 12.6 Å². The Balaban J connectivity index is 0.